The fourth-order valence-corrected chi connectivity index (χ4v) is 1.48. The molecule has 0 aliphatic rings. The van der Waals surface area contributed by atoms with E-state index in [-0.39, 0.29) is 0 Å². The molecular weight excluding hydrogens is 184 g/mol. The van der Waals surface area contributed by atoms with E-state index >= 15 is 0 Å². The van der Waals surface area contributed by atoms with Gasteiger partial charge in [-0.2, -0.15) is 0 Å². The van der Waals surface area contributed by atoms with Crippen molar-refractivity contribution in [3.05, 3.63) is 29.3 Å². The minimum absolute atomic E-state index is 0.561. The normalized spacial score (nSPS) is 10.7. The first kappa shape index (κ1) is 12.1. The molecule has 1 rings (SSSR count). The van der Waals surface area contributed by atoms with Gasteiger partial charge in [0.25, 0.3) is 0 Å². The molecule has 0 unspecified atom stereocenters. The maximum absolute atomic E-state index is 3.45. The number of anilines is 1. The van der Waals surface area contributed by atoms with Crippen molar-refractivity contribution in [3.8, 4) is 0 Å². The number of benzene rings is 1. The van der Waals surface area contributed by atoms with E-state index in [1.54, 1.807) is 0 Å². The Hall–Kier alpha value is -1.02. The highest BCUT2D eigenvalue weighted by atomic mass is 15.0. The molecule has 1 aromatic carbocycles. The van der Waals surface area contributed by atoms with Crippen molar-refractivity contribution < 1.29 is 0 Å². The lowest BCUT2D eigenvalue weighted by Crippen LogP contribution is -2.28. The van der Waals surface area contributed by atoms with Crippen LogP contribution in [0.4, 0.5) is 5.69 Å². The van der Waals surface area contributed by atoms with Crippen molar-refractivity contribution in [1.29, 1.82) is 0 Å². The minimum atomic E-state index is 0.561. The molecule has 0 atom stereocenters. The number of hydrogen-bond donors (Lipinski definition) is 2. The smallest absolute Gasteiger partial charge is 0.0372 e. The van der Waals surface area contributed by atoms with Crippen LogP contribution in [0, 0.1) is 13.8 Å². The Morgan fingerprint density at radius 2 is 1.87 bits per heavy atom. The molecule has 15 heavy (non-hydrogen) atoms. The number of nitrogens with one attached hydrogen (secondary N) is 2. The Morgan fingerprint density at radius 3 is 2.53 bits per heavy atom. The van der Waals surface area contributed by atoms with Crippen LogP contribution in [0.3, 0.4) is 0 Å². The van der Waals surface area contributed by atoms with Gasteiger partial charge in [-0.3, -0.25) is 0 Å². The molecule has 0 spiro atoms. The molecule has 0 bridgehead atoms. The van der Waals surface area contributed by atoms with Crippen LogP contribution in [0.15, 0.2) is 18.2 Å². The van der Waals surface area contributed by atoms with Gasteiger partial charge < -0.3 is 10.6 Å². The lowest BCUT2D eigenvalue weighted by atomic mass is 10.1. The van der Waals surface area contributed by atoms with Crippen LogP contribution >= 0.6 is 0 Å². The highest BCUT2D eigenvalue weighted by Gasteiger charge is 1.97. The van der Waals surface area contributed by atoms with Gasteiger partial charge in [0, 0.05) is 24.8 Å². The zero-order valence-electron chi connectivity index (χ0n) is 10.2. The van der Waals surface area contributed by atoms with Crippen molar-refractivity contribution in [3.63, 3.8) is 0 Å². The second-order valence-electron chi connectivity index (χ2n) is 4.35. The Morgan fingerprint density at radius 1 is 1.13 bits per heavy atom. The van der Waals surface area contributed by atoms with Crippen LogP contribution in [0.25, 0.3) is 0 Å². The van der Waals surface area contributed by atoms with Crippen LogP contribution in [-0.2, 0) is 0 Å². The molecule has 0 aromatic heterocycles. The third-order valence-electron chi connectivity index (χ3n) is 2.39. The summed E-state index contributed by atoms with van der Waals surface area (Å²) in [6.07, 6.45) is 0. The zero-order chi connectivity index (χ0) is 11.3. The van der Waals surface area contributed by atoms with Crippen LogP contribution in [-0.4, -0.2) is 19.1 Å². The molecule has 84 valence electrons. The third-order valence-corrected chi connectivity index (χ3v) is 2.39. The molecule has 1 aromatic rings. The van der Waals surface area contributed by atoms with E-state index in [2.05, 4.69) is 56.5 Å². The fourth-order valence-electron chi connectivity index (χ4n) is 1.48. The van der Waals surface area contributed by atoms with E-state index in [9.17, 15) is 0 Å². The summed E-state index contributed by atoms with van der Waals surface area (Å²) in [7, 11) is 0. The van der Waals surface area contributed by atoms with Crippen molar-refractivity contribution in [1.82, 2.24) is 5.32 Å². The summed E-state index contributed by atoms with van der Waals surface area (Å²) in [5.41, 5.74) is 3.87. The molecule has 0 saturated heterocycles. The number of aryl methyl sites for hydroxylation is 2. The van der Waals surface area contributed by atoms with E-state index in [0.29, 0.717) is 6.04 Å². The predicted octanol–water partition coefficient (Wildman–Crippen LogP) is 2.71. The summed E-state index contributed by atoms with van der Waals surface area (Å²) < 4.78 is 0. The molecule has 0 aliphatic heterocycles. The SMILES string of the molecule is Cc1ccc(C)c(NCCNC(C)C)c1. The van der Waals surface area contributed by atoms with Crippen LogP contribution in [0.2, 0.25) is 0 Å². The predicted molar refractivity (Wildman–Crippen MR) is 67.5 cm³/mol. The highest BCUT2D eigenvalue weighted by Crippen LogP contribution is 2.15. The van der Waals surface area contributed by atoms with E-state index in [4.69, 9.17) is 0 Å². The van der Waals surface area contributed by atoms with Gasteiger partial charge >= 0.3 is 0 Å². The van der Waals surface area contributed by atoms with Crippen molar-refractivity contribution in [2.24, 2.45) is 0 Å². The summed E-state index contributed by atoms with van der Waals surface area (Å²) >= 11 is 0. The van der Waals surface area contributed by atoms with E-state index < -0.39 is 0 Å². The monoisotopic (exact) mass is 206 g/mol. The van der Waals surface area contributed by atoms with Gasteiger partial charge in [0.2, 0.25) is 0 Å². The number of rotatable bonds is 5. The molecular formula is C13H22N2. The van der Waals surface area contributed by atoms with Crippen molar-refractivity contribution in [2.75, 3.05) is 18.4 Å². The number of hydrogen-bond acceptors (Lipinski definition) is 2. The second-order valence-corrected chi connectivity index (χ2v) is 4.35. The molecule has 0 saturated carbocycles. The largest absolute Gasteiger partial charge is 0.384 e. The maximum Gasteiger partial charge on any atom is 0.0372 e. The van der Waals surface area contributed by atoms with Gasteiger partial charge in [-0.15, -0.1) is 0 Å². The van der Waals surface area contributed by atoms with Gasteiger partial charge in [-0.1, -0.05) is 26.0 Å². The quantitative estimate of drug-likeness (QED) is 0.724. The Labute approximate surface area is 93.1 Å². The molecule has 0 fully saturated rings. The second kappa shape index (κ2) is 5.76. The minimum Gasteiger partial charge on any atom is -0.384 e. The molecule has 0 radical (unpaired) electrons. The molecule has 2 N–H and O–H groups in total. The maximum atomic E-state index is 3.45. The van der Waals surface area contributed by atoms with E-state index in [0.717, 1.165) is 13.1 Å². The fraction of sp³-hybridized carbons (Fsp3) is 0.538. The zero-order valence-corrected chi connectivity index (χ0v) is 10.2. The Balaban J connectivity index is 2.40. The van der Waals surface area contributed by atoms with Gasteiger partial charge in [-0.25, -0.2) is 0 Å². The average molecular weight is 206 g/mol. The first-order valence-corrected chi connectivity index (χ1v) is 5.64. The molecule has 2 nitrogen and oxygen atoms in total. The summed E-state index contributed by atoms with van der Waals surface area (Å²) in [5, 5.41) is 6.83. The standard InChI is InChI=1S/C13H22N2/c1-10(2)14-7-8-15-13-9-11(3)5-6-12(13)4/h5-6,9-10,14-15H,7-8H2,1-4H3. The summed E-state index contributed by atoms with van der Waals surface area (Å²) in [6.45, 7) is 10.6. The molecule has 2 heteroatoms. The van der Waals surface area contributed by atoms with Gasteiger partial charge in [-0.05, 0) is 31.0 Å². The van der Waals surface area contributed by atoms with Crippen molar-refractivity contribution in [2.45, 2.75) is 33.7 Å². The first-order chi connectivity index (χ1) is 7.09. The Kier molecular flexibility index (Phi) is 4.63. The van der Waals surface area contributed by atoms with Crippen LogP contribution < -0.4 is 10.6 Å². The van der Waals surface area contributed by atoms with Gasteiger partial charge in [0.15, 0.2) is 0 Å². The summed E-state index contributed by atoms with van der Waals surface area (Å²) in [4.78, 5) is 0. The van der Waals surface area contributed by atoms with Crippen molar-refractivity contribution >= 4 is 5.69 Å². The van der Waals surface area contributed by atoms with Crippen LogP contribution in [0.1, 0.15) is 25.0 Å². The van der Waals surface area contributed by atoms with E-state index in [1.165, 1.54) is 16.8 Å². The first-order valence-electron chi connectivity index (χ1n) is 5.64. The molecule has 0 heterocycles. The van der Waals surface area contributed by atoms with Crippen LogP contribution in [0.5, 0.6) is 0 Å². The molecule has 0 amide bonds. The molecule has 0 aliphatic carbocycles. The van der Waals surface area contributed by atoms with Gasteiger partial charge in [0.05, 0.1) is 0 Å². The highest BCUT2D eigenvalue weighted by molar-refractivity contribution is 5.52. The lowest BCUT2D eigenvalue weighted by Gasteiger charge is -2.12. The topological polar surface area (TPSA) is 24.1 Å². The average Bonchev–Trinajstić information content (AvgIpc) is 2.17. The Bertz CT molecular complexity index is 305. The van der Waals surface area contributed by atoms with Gasteiger partial charge in [0.1, 0.15) is 0 Å². The van der Waals surface area contributed by atoms with E-state index in [1.807, 2.05) is 0 Å². The third kappa shape index (κ3) is 4.34. The summed E-state index contributed by atoms with van der Waals surface area (Å²) in [6, 6.07) is 7.07. The summed E-state index contributed by atoms with van der Waals surface area (Å²) in [5.74, 6) is 0. The lowest BCUT2D eigenvalue weighted by molar-refractivity contribution is 0.602.